The molecule has 0 heterocycles. The average Bonchev–Trinajstić information content (AvgIpc) is 2.28. The molecule has 0 radical (unpaired) electrons. The van der Waals surface area contributed by atoms with E-state index in [1.807, 2.05) is 0 Å². The van der Waals surface area contributed by atoms with E-state index in [9.17, 15) is 0 Å². The van der Waals surface area contributed by atoms with E-state index in [2.05, 4.69) is 0 Å². The van der Waals surface area contributed by atoms with Crippen LogP contribution in [0.25, 0.3) is 0 Å². The second-order valence-electron chi connectivity index (χ2n) is 3.89. The molecule has 1 rings (SSSR count). The van der Waals surface area contributed by atoms with Gasteiger partial charge >= 0.3 is 0 Å². The molecule has 0 bridgehead atoms. The summed E-state index contributed by atoms with van der Waals surface area (Å²) in [6.07, 6.45) is 11.2. The maximum absolute atomic E-state index is 5.60. The lowest BCUT2D eigenvalue weighted by Crippen LogP contribution is -2.14. The van der Waals surface area contributed by atoms with Crippen LogP contribution < -0.4 is 0 Å². The fourth-order valence-electron chi connectivity index (χ4n) is 1.93. The average molecular weight is 186 g/mol. The molecule has 0 amide bonds. The van der Waals surface area contributed by atoms with Gasteiger partial charge in [0.1, 0.15) is 6.79 Å². The second kappa shape index (κ2) is 7.34. The van der Waals surface area contributed by atoms with Crippen LogP contribution in [0.2, 0.25) is 0 Å². The summed E-state index contributed by atoms with van der Waals surface area (Å²) >= 11 is 0. The Labute approximate surface area is 81.6 Å². The Hall–Kier alpha value is -0.0800. The molecule has 1 aliphatic rings. The fourth-order valence-corrected chi connectivity index (χ4v) is 1.93. The largest absolute Gasteiger partial charge is 0.359 e. The van der Waals surface area contributed by atoms with E-state index in [0.717, 1.165) is 0 Å². The fraction of sp³-hybridized carbons (Fsp3) is 1.00. The topological polar surface area (TPSA) is 18.5 Å². The first-order valence-corrected chi connectivity index (χ1v) is 5.54. The molecule has 0 aromatic heterocycles. The van der Waals surface area contributed by atoms with Crippen molar-refractivity contribution in [3.63, 3.8) is 0 Å². The number of ether oxygens (including phenoxy) is 2. The number of hydrogen-bond donors (Lipinski definition) is 0. The lowest BCUT2D eigenvalue weighted by Gasteiger charge is -2.15. The van der Waals surface area contributed by atoms with Gasteiger partial charge in [-0.25, -0.2) is 0 Å². The zero-order valence-corrected chi connectivity index (χ0v) is 8.76. The number of methoxy groups -OCH3 is 1. The summed E-state index contributed by atoms with van der Waals surface area (Å²) in [5.74, 6) is 0. The van der Waals surface area contributed by atoms with E-state index in [4.69, 9.17) is 9.47 Å². The minimum absolute atomic E-state index is 0.457. The van der Waals surface area contributed by atoms with Gasteiger partial charge in [-0.3, -0.25) is 0 Å². The molecular weight excluding hydrogens is 164 g/mol. The molecule has 13 heavy (non-hydrogen) atoms. The van der Waals surface area contributed by atoms with E-state index < -0.39 is 0 Å². The summed E-state index contributed by atoms with van der Waals surface area (Å²) < 4.78 is 10.5. The van der Waals surface area contributed by atoms with Gasteiger partial charge in [-0.05, 0) is 12.8 Å². The highest BCUT2D eigenvalue weighted by molar-refractivity contribution is 4.61. The molecule has 0 spiro atoms. The molecule has 2 nitrogen and oxygen atoms in total. The van der Waals surface area contributed by atoms with Crippen LogP contribution in [0.5, 0.6) is 0 Å². The summed E-state index contributed by atoms with van der Waals surface area (Å²) in [6.45, 7) is 0.463. The highest BCUT2D eigenvalue weighted by Gasteiger charge is 2.10. The minimum atomic E-state index is 0.457. The normalized spacial score (nSPS) is 21.9. The maximum atomic E-state index is 5.60. The van der Waals surface area contributed by atoms with Crippen LogP contribution in [0.15, 0.2) is 0 Å². The van der Waals surface area contributed by atoms with Crippen molar-refractivity contribution in [2.24, 2.45) is 0 Å². The Morgan fingerprint density at radius 2 is 1.46 bits per heavy atom. The minimum Gasteiger partial charge on any atom is -0.359 e. The van der Waals surface area contributed by atoms with Gasteiger partial charge in [-0.15, -0.1) is 0 Å². The van der Waals surface area contributed by atoms with Crippen LogP contribution in [0.1, 0.15) is 51.4 Å². The molecule has 0 unspecified atom stereocenters. The predicted molar refractivity (Wildman–Crippen MR) is 53.7 cm³/mol. The van der Waals surface area contributed by atoms with Crippen molar-refractivity contribution in [3.8, 4) is 0 Å². The Balaban J connectivity index is 2.16. The van der Waals surface area contributed by atoms with E-state index in [0.29, 0.717) is 12.9 Å². The molecule has 0 aromatic carbocycles. The maximum Gasteiger partial charge on any atom is 0.146 e. The molecule has 1 saturated carbocycles. The smallest absolute Gasteiger partial charge is 0.146 e. The quantitative estimate of drug-likeness (QED) is 0.630. The van der Waals surface area contributed by atoms with Gasteiger partial charge < -0.3 is 9.47 Å². The van der Waals surface area contributed by atoms with Gasteiger partial charge in [0, 0.05) is 7.11 Å². The zero-order chi connectivity index (χ0) is 9.36. The summed E-state index contributed by atoms with van der Waals surface area (Å²) in [5, 5.41) is 0. The molecule has 0 aliphatic heterocycles. The van der Waals surface area contributed by atoms with Crippen molar-refractivity contribution < 1.29 is 9.47 Å². The van der Waals surface area contributed by atoms with Crippen molar-refractivity contribution in [2.45, 2.75) is 57.5 Å². The first kappa shape index (κ1) is 11.0. The van der Waals surface area contributed by atoms with Crippen molar-refractivity contribution in [2.75, 3.05) is 13.9 Å². The summed E-state index contributed by atoms with van der Waals surface area (Å²) in [7, 11) is 1.69. The molecule has 0 saturated heterocycles. The Bertz CT molecular complexity index is 105. The molecule has 1 fully saturated rings. The monoisotopic (exact) mass is 186 g/mol. The number of hydrogen-bond acceptors (Lipinski definition) is 2. The highest BCUT2D eigenvalue weighted by Crippen LogP contribution is 2.18. The van der Waals surface area contributed by atoms with E-state index in [1.54, 1.807) is 7.11 Å². The number of rotatable bonds is 3. The van der Waals surface area contributed by atoms with E-state index >= 15 is 0 Å². The molecule has 0 atom stereocenters. The van der Waals surface area contributed by atoms with Crippen molar-refractivity contribution in [1.82, 2.24) is 0 Å². The predicted octanol–water partition coefficient (Wildman–Crippen LogP) is 3.11. The lowest BCUT2D eigenvalue weighted by atomic mass is 10.1. The van der Waals surface area contributed by atoms with Crippen LogP contribution in [0.4, 0.5) is 0 Å². The first-order valence-electron chi connectivity index (χ1n) is 5.54. The summed E-state index contributed by atoms with van der Waals surface area (Å²) in [6, 6.07) is 0. The SMILES string of the molecule is COCOC1CCCCCCCC1. The molecular formula is C11H22O2. The third kappa shape index (κ3) is 5.27. The van der Waals surface area contributed by atoms with E-state index in [-0.39, 0.29) is 0 Å². The Morgan fingerprint density at radius 1 is 0.923 bits per heavy atom. The Morgan fingerprint density at radius 3 is 2.00 bits per heavy atom. The van der Waals surface area contributed by atoms with Gasteiger partial charge in [0.2, 0.25) is 0 Å². The molecule has 0 aromatic rings. The van der Waals surface area contributed by atoms with Crippen molar-refractivity contribution in [1.29, 1.82) is 0 Å². The van der Waals surface area contributed by atoms with Crippen molar-refractivity contribution in [3.05, 3.63) is 0 Å². The summed E-state index contributed by atoms with van der Waals surface area (Å²) in [4.78, 5) is 0. The zero-order valence-electron chi connectivity index (χ0n) is 8.76. The van der Waals surface area contributed by atoms with Gasteiger partial charge in [-0.2, -0.15) is 0 Å². The van der Waals surface area contributed by atoms with Crippen LogP contribution in [0, 0.1) is 0 Å². The lowest BCUT2D eigenvalue weighted by molar-refractivity contribution is -0.0771. The Kier molecular flexibility index (Phi) is 6.21. The van der Waals surface area contributed by atoms with Gasteiger partial charge in [-0.1, -0.05) is 38.5 Å². The third-order valence-corrected chi connectivity index (χ3v) is 2.72. The molecule has 2 heteroatoms. The van der Waals surface area contributed by atoms with Crippen LogP contribution in [-0.4, -0.2) is 20.0 Å². The van der Waals surface area contributed by atoms with Crippen molar-refractivity contribution >= 4 is 0 Å². The molecule has 0 N–H and O–H groups in total. The first-order chi connectivity index (χ1) is 6.43. The van der Waals surface area contributed by atoms with Crippen LogP contribution in [-0.2, 0) is 9.47 Å². The van der Waals surface area contributed by atoms with Crippen LogP contribution in [0.3, 0.4) is 0 Å². The van der Waals surface area contributed by atoms with Gasteiger partial charge in [0.15, 0.2) is 0 Å². The van der Waals surface area contributed by atoms with Crippen LogP contribution >= 0.6 is 0 Å². The van der Waals surface area contributed by atoms with E-state index in [1.165, 1.54) is 51.4 Å². The second-order valence-corrected chi connectivity index (χ2v) is 3.89. The molecule has 1 aliphatic carbocycles. The summed E-state index contributed by atoms with van der Waals surface area (Å²) in [5.41, 5.74) is 0. The third-order valence-electron chi connectivity index (χ3n) is 2.72. The van der Waals surface area contributed by atoms with Gasteiger partial charge in [0.25, 0.3) is 0 Å². The standard InChI is InChI=1S/C11H22O2/c1-12-10-13-11-8-6-4-2-3-5-7-9-11/h11H,2-10H2,1H3. The molecule has 78 valence electrons. The van der Waals surface area contributed by atoms with Gasteiger partial charge in [0.05, 0.1) is 6.10 Å². The highest BCUT2D eigenvalue weighted by atomic mass is 16.7.